The van der Waals surface area contributed by atoms with Crippen LogP contribution in [0.4, 0.5) is 0 Å². The Hall–Kier alpha value is -0.645. The molecular weight excluding hydrogens is 165 g/mol. The van der Waals surface area contributed by atoms with Crippen molar-refractivity contribution in [3.8, 4) is 0 Å². The summed E-state index contributed by atoms with van der Waals surface area (Å²) >= 11 is 1.38. The highest BCUT2D eigenvalue weighted by Gasteiger charge is 2.16. The summed E-state index contributed by atoms with van der Waals surface area (Å²) in [6.07, 6.45) is 0. The Labute approximate surface area is 70.0 Å². The molecule has 0 fully saturated rings. The largest absolute Gasteiger partial charge is 0.480 e. The van der Waals surface area contributed by atoms with Gasteiger partial charge in [-0.05, 0) is 0 Å². The summed E-state index contributed by atoms with van der Waals surface area (Å²) in [5.74, 6) is -0.907. The summed E-state index contributed by atoms with van der Waals surface area (Å²) in [4.78, 5) is 20.8. The van der Waals surface area contributed by atoms with Crippen LogP contribution >= 0.6 is 11.6 Å². The van der Waals surface area contributed by atoms with E-state index < -0.39 is 12.0 Å². The molecule has 0 aromatic carbocycles. The van der Waals surface area contributed by atoms with Crippen molar-refractivity contribution in [3.05, 3.63) is 0 Å². The van der Waals surface area contributed by atoms with Gasteiger partial charge in [-0.25, -0.2) is 16.4 Å². The molecule has 0 bridgehead atoms. The number of carboxylic acids is 1. The number of amides is 1. The highest BCUT2D eigenvalue weighted by molar-refractivity contribution is 8.19. The van der Waals surface area contributed by atoms with Gasteiger partial charge >= 0.3 is 5.97 Å². The molecule has 0 aliphatic rings. The van der Waals surface area contributed by atoms with Crippen LogP contribution in [0.1, 0.15) is 6.92 Å². The number of carbonyl (C=O) groups is 2. The van der Waals surface area contributed by atoms with E-state index in [0.29, 0.717) is 5.75 Å². The normalized spacial score (nSPS) is 12.1. The zero-order valence-corrected chi connectivity index (χ0v) is 7.27. The first-order valence-corrected chi connectivity index (χ1v) is 4.46. The van der Waals surface area contributed by atoms with Gasteiger partial charge in [-0.15, -0.1) is 0 Å². The van der Waals surface area contributed by atoms with Crippen molar-refractivity contribution in [1.82, 2.24) is 5.32 Å². The standard InChI is InChI=1S/C5H10BNO3S/c1-3(8)7-4(2-11-6)5(9)10/h4H,2,6H2,1H3,(H,7,8)(H,9,10)/t4-/m0/s1. The van der Waals surface area contributed by atoms with Gasteiger partial charge in [-0.3, -0.25) is 4.79 Å². The molecule has 0 rings (SSSR count). The lowest BCUT2D eigenvalue weighted by molar-refractivity contribution is -0.140. The van der Waals surface area contributed by atoms with Crippen molar-refractivity contribution >= 4 is 30.6 Å². The number of aliphatic carboxylic acids is 1. The Morgan fingerprint density at radius 2 is 2.27 bits per heavy atom. The van der Waals surface area contributed by atoms with Crippen molar-refractivity contribution in [2.45, 2.75) is 13.0 Å². The van der Waals surface area contributed by atoms with Crippen molar-refractivity contribution in [3.63, 3.8) is 0 Å². The molecule has 1 amide bonds. The van der Waals surface area contributed by atoms with E-state index in [-0.39, 0.29) is 5.91 Å². The fourth-order valence-corrected chi connectivity index (χ4v) is 1.15. The predicted molar refractivity (Wildman–Crippen MR) is 46.2 cm³/mol. The first kappa shape index (κ1) is 10.4. The van der Waals surface area contributed by atoms with E-state index in [4.69, 9.17) is 5.11 Å². The van der Waals surface area contributed by atoms with E-state index in [1.807, 2.05) is 0 Å². The van der Waals surface area contributed by atoms with Crippen molar-refractivity contribution in [2.24, 2.45) is 0 Å². The first-order valence-electron chi connectivity index (χ1n) is 3.06. The highest BCUT2D eigenvalue weighted by Crippen LogP contribution is 1.95. The lowest BCUT2D eigenvalue weighted by atomic mass is 10.3. The average Bonchev–Trinajstić information content (AvgIpc) is 1.86. The second kappa shape index (κ2) is 5.06. The van der Waals surface area contributed by atoms with Gasteiger partial charge in [0.05, 0.1) is 0 Å². The molecule has 4 nitrogen and oxygen atoms in total. The maximum absolute atomic E-state index is 10.4. The van der Waals surface area contributed by atoms with Gasteiger partial charge in [-0.2, -0.15) is 0 Å². The SMILES string of the molecule is BSC[C@H](NC(C)=O)C(=O)O. The van der Waals surface area contributed by atoms with E-state index in [0.717, 1.165) is 0 Å². The highest BCUT2D eigenvalue weighted by atomic mass is 32.2. The molecule has 0 aromatic rings. The summed E-state index contributed by atoms with van der Waals surface area (Å²) in [5, 5.41) is 10.8. The van der Waals surface area contributed by atoms with Gasteiger partial charge < -0.3 is 10.4 Å². The van der Waals surface area contributed by atoms with Crippen molar-refractivity contribution < 1.29 is 14.7 Å². The van der Waals surface area contributed by atoms with Crippen LogP contribution in [0.3, 0.4) is 0 Å². The minimum Gasteiger partial charge on any atom is -0.480 e. The minimum atomic E-state index is -0.991. The smallest absolute Gasteiger partial charge is 0.327 e. The molecule has 2 N–H and O–H groups in total. The zero-order valence-electron chi connectivity index (χ0n) is 6.46. The number of carboxylic acid groups (broad SMARTS) is 1. The molecule has 1 atom stereocenters. The molecule has 0 heterocycles. The van der Waals surface area contributed by atoms with E-state index >= 15 is 0 Å². The third kappa shape index (κ3) is 4.72. The number of carbonyl (C=O) groups excluding carboxylic acids is 1. The summed E-state index contributed by atoms with van der Waals surface area (Å²) < 4.78 is 0. The second-order valence-electron chi connectivity index (χ2n) is 2.05. The number of hydrogen-bond donors (Lipinski definition) is 2. The summed E-state index contributed by atoms with van der Waals surface area (Å²) in [6.45, 7) is 1.30. The fourth-order valence-electron chi connectivity index (χ4n) is 0.587. The van der Waals surface area contributed by atoms with E-state index in [2.05, 4.69) is 5.32 Å². The van der Waals surface area contributed by atoms with Crippen LogP contribution in [0.5, 0.6) is 0 Å². The Bertz CT molecular complexity index is 164. The lowest BCUT2D eigenvalue weighted by Gasteiger charge is -2.10. The topological polar surface area (TPSA) is 66.4 Å². The van der Waals surface area contributed by atoms with E-state index in [9.17, 15) is 9.59 Å². The van der Waals surface area contributed by atoms with Crippen LogP contribution < -0.4 is 5.32 Å². The first-order chi connectivity index (χ1) is 5.07. The average molecular weight is 175 g/mol. The quantitative estimate of drug-likeness (QED) is 0.530. The zero-order chi connectivity index (χ0) is 8.85. The number of rotatable bonds is 4. The van der Waals surface area contributed by atoms with E-state index in [1.165, 1.54) is 18.5 Å². The molecule has 0 radical (unpaired) electrons. The molecule has 0 aliphatic heterocycles. The number of hydrogen-bond acceptors (Lipinski definition) is 3. The van der Waals surface area contributed by atoms with Crippen LogP contribution in [-0.4, -0.2) is 35.9 Å². The Kier molecular flexibility index (Phi) is 4.77. The van der Waals surface area contributed by atoms with Crippen LogP contribution in [-0.2, 0) is 9.59 Å². The van der Waals surface area contributed by atoms with Gasteiger partial charge in [0.1, 0.15) is 6.04 Å². The summed E-state index contributed by atoms with van der Waals surface area (Å²) in [7, 11) is 1.79. The van der Waals surface area contributed by atoms with Gasteiger partial charge in [0, 0.05) is 12.7 Å². The molecule has 0 aromatic heterocycles. The van der Waals surface area contributed by atoms with Crippen LogP contribution in [0.2, 0.25) is 0 Å². The summed E-state index contributed by atoms with van der Waals surface area (Å²) in [6, 6.07) is -0.762. The van der Waals surface area contributed by atoms with Gasteiger partial charge in [0.25, 0.3) is 0 Å². The van der Waals surface area contributed by atoms with Crippen LogP contribution in [0.15, 0.2) is 0 Å². The molecule has 11 heavy (non-hydrogen) atoms. The predicted octanol–water partition coefficient (Wildman–Crippen LogP) is -1.14. The number of nitrogens with one attached hydrogen (secondary N) is 1. The molecule has 0 saturated heterocycles. The Morgan fingerprint density at radius 1 is 1.73 bits per heavy atom. The molecule has 0 spiro atoms. The molecule has 0 aliphatic carbocycles. The summed E-state index contributed by atoms with van der Waals surface area (Å²) in [5.41, 5.74) is 0. The monoisotopic (exact) mass is 175 g/mol. The molecular formula is C5H10BNO3S. The van der Waals surface area contributed by atoms with E-state index in [1.54, 1.807) is 7.12 Å². The third-order valence-electron chi connectivity index (χ3n) is 1.01. The Morgan fingerprint density at radius 3 is 2.55 bits per heavy atom. The fraction of sp³-hybridized carbons (Fsp3) is 0.600. The molecule has 0 unspecified atom stereocenters. The van der Waals surface area contributed by atoms with Crippen molar-refractivity contribution in [1.29, 1.82) is 0 Å². The molecule has 0 saturated carbocycles. The maximum atomic E-state index is 10.4. The minimum absolute atomic E-state index is 0.313. The van der Waals surface area contributed by atoms with Gasteiger partial charge in [0.15, 0.2) is 7.12 Å². The maximum Gasteiger partial charge on any atom is 0.327 e. The lowest BCUT2D eigenvalue weighted by Crippen LogP contribution is -2.41. The second-order valence-corrected chi connectivity index (χ2v) is 2.96. The molecule has 62 valence electrons. The van der Waals surface area contributed by atoms with Crippen LogP contribution in [0, 0.1) is 0 Å². The Balaban J connectivity index is 3.89. The molecule has 6 heteroatoms. The third-order valence-corrected chi connectivity index (χ3v) is 1.68. The van der Waals surface area contributed by atoms with Crippen molar-refractivity contribution in [2.75, 3.05) is 5.75 Å². The van der Waals surface area contributed by atoms with Gasteiger partial charge in [-0.1, -0.05) is 0 Å². The van der Waals surface area contributed by atoms with Crippen LogP contribution in [0.25, 0.3) is 0 Å². The van der Waals surface area contributed by atoms with Gasteiger partial charge in [0.2, 0.25) is 5.91 Å².